The van der Waals surface area contributed by atoms with Gasteiger partial charge in [-0.05, 0) is 34.5 Å². The molecule has 0 heterocycles. The summed E-state index contributed by atoms with van der Waals surface area (Å²) in [6.07, 6.45) is 1.75. The van der Waals surface area contributed by atoms with E-state index >= 15 is 0 Å². The molecule has 0 aliphatic heterocycles. The number of benzene rings is 3. The number of carbonyl (C=O) groups excluding carboxylic acids is 1. The van der Waals surface area contributed by atoms with Gasteiger partial charge in [0.1, 0.15) is 0 Å². The molecule has 7 nitrogen and oxygen atoms in total. The zero-order valence-electron chi connectivity index (χ0n) is 21.6. The fourth-order valence-electron chi connectivity index (χ4n) is 4.13. The first-order valence-corrected chi connectivity index (χ1v) is 15.4. The molecule has 9 heteroatoms. The van der Waals surface area contributed by atoms with Crippen LogP contribution < -0.4 is 20.0 Å². The largest absolute Gasteiger partial charge is 0.403 e. The van der Waals surface area contributed by atoms with Gasteiger partial charge in [0, 0.05) is 5.56 Å². The lowest BCUT2D eigenvalue weighted by molar-refractivity contribution is 0.0961. The van der Waals surface area contributed by atoms with Gasteiger partial charge < -0.3 is 4.43 Å². The predicted octanol–water partition coefficient (Wildman–Crippen LogP) is 3.71. The summed E-state index contributed by atoms with van der Waals surface area (Å²) in [5.74, 6) is -0.748. The molecule has 196 valence electrons. The summed E-state index contributed by atoms with van der Waals surface area (Å²) in [4.78, 5) is 19.1. The standard InChI is InChI=1S/C28H34N2O5SSi/c1-23(20-21-34-30-36(32,33)29-27(31)24-14-8-5-9-15-24)22-35-37(28(2,3)4,25-16-10-6-11-17-25)26-18-12-7-13-19-26/h5-20,30H,21-22H2,1-4H3,(H,29,31)/b23-20+. The molecular weight excluding hydrogens is 504 g/mol. The predicted molar refractivity (Wildman–Crippen MR) is 149 cm³/mol. The maximum absolute atomic E-state index is 12.1. The van der Waals surface area contributed by atoms with Crippen LogP contribution in [0.1, 0.15) is 38.1 Å². The van der Waals surface area contributed by atoms with E-state index in [1.54, 1.807) is 24.3 Å². The summed E-state index contributed by atoms with van der Waals surface area (Å²) in [5, 5.41) is 2.21. The number of hydrogen-bond donors (Lipinski definition) is 2. The summed E-state index contributed by atoms with van der Waals surface area (Å²) in [6.45, 7) is 8.86. The van der Waals surface area contributed by atoms with E-state index < -0.39 is 24.4 Å². The molecule has 3 aromatic rings. The van der Waals surface area contributed by atoms with Gasteiger partial charge >= 0.3 is 10.2 Å². The molecular formula is C28H34N2O5SSi. The van der Waals surface area contributed by atoms with Gasteiger partial charge in [0.05, 0.1) is 13.2 Å². The molecule has 2 N–H and O–H groups in total. The molecule has 0 bridgehead atoms. The second-order valence-electron chi connectivity index (χ2n) is 9.70. The minimum absolute atomic E-state index is 0.0314. The van der Waals surface area contributed by atoms with Crippen LogP contribution in [0.4, 0.5) is 0 Å². The summed E-state index contributed by atoms with van der Waals surface area (Å²) < 4.78 is 33.0. The van der Waals surface area contributed by atoms with Gasteiger partial charge in [-0.3, -0.25) is 9.63 Å². The van der Waals surface area contributed by atoms with Crippen molar-refractivity contribution >= 4 is 34.8 Å². The Morgan fingerprint density at radius 2 is 1.35 bits per heavy atom. The quantitative estimate of drug-likeness (QED) is 0.168. The smallest absolute Gasteiger partial charge is 0.323 e. The highest BCUT2D eigenvalue weighted by molar-refractivity contribution is 7.88. The van der Waals surface area contributed by atoms with Gasteiger partial charge in [0.25, 0.3) is 14.2 Å². The third-order valence-electron chi connectivity index (χ3n) is 5.88. The molecule has 0 atom stereocenters. The molecule has 0 aliphatic carbocycles. The van der Waals surface area contributed by atoms with Crippen molar-refractivity contribution in [3.05, 3.63) is 108 Å². The second-order valence-corrected chi connectivity index (χ2v) is 15.4. The highest BCUT2D eigenvalue weighted by atomic mass is 32.2. The summed E-state index contributed by atoms with van der Waals surface area (Å²) in [7, 11) is -6.86. The third-order valence-corrected chi connectivity index (χ3v) is 11.7. The van der Waals surface area contributed by atoms with Gasteiger partial charge in [-0.25, -0.2) is 4.72 Å². The number of carbonyl (C=O) groups is 1. The summed E-state index contributed by atoms with van der Waals surface area (Å²) in [6, 6.07) is 28.7. The summed E-state index contributed by atoms with van der Waals surface area (Å²) >= 11 is 0. The minimum atomic E-state index is -4.18. The Kier molecular flexibility index (Phi) is 9.58. The van der Waals surface area contributed by atoms with Gasteiger partial charge in [-0.2, -0.15) is 8.42 Å². The van der Waals surface area contributed by atoms with Crippen LogP contribution >= 0.6 is 0 Å². The molecule has 3 aromatic carbocycles. The van der Waals surface area contributed by atoms with Gasteiger partial charge in [0.15, 0.2) is 0 Å². The number of nitrogens with one attached hydrogen (secondary N) is 2. The van der Waals surface area contributed by atoms with Crippen LogP contribution in [0.25, 0.3) is 0 Å². The molecule has 1 amide bonds. The fourth-order valence-corrected chi connectivity index (χ4v) is 9.36. The van der Waals surface area contributed by atoms with Gasteiger partial charge in [0.2, 0.25) is 0 Å². The van der Waals surface area contributed by atoms with E-state index in [1.165, 1.54) is 22.5 Å². The first kappa shape index (κ1) is 28.5. The lowest BCUT2D eigenvalue weighted by Gasteiger charge is -2.43. The second kappa shape index (κ2) is 12.4. The maximum atomic E-state index is 12.1. The number of hydrogen-bond acceptors (Lipinski definition) is 5. The normalized spacial score (nSPS) is 12.8. The van der Waals surface area contributed by atoms with E-state index in [2.05, 4.69) is 45.0 Å². The van der Waals surface area contributed by atoms with Gasteiger partial charge in [-0.1, -0.05) is 116 Å². The summed E-state index contributed by atoms with van der Waals surface area (Å²) in [5.41, 5.74) is 1.12. The van der Waals surface area contributed by atoms with Crippen molar-refractivity contribution in [3.8, 4) is 0 Å². The van der Waals surface area contributed by atoms with Crippen LogP contribution in [0, 0.1) is 0 Å². The first-order chi connectivity index (χ1) is 17.6. The van der Waals surface area contributed by atoms with Crippen LogP contribution in [0.2, 0.25) is 5.04 Å². The maximum Gasteiger partial charge on any atom is 0.323 e. The Morgan fingerprint density at radius 3 is 1.84 bits per heavy atom. The minimum Gasteiger partial charge on any atom is -0.403 e. The number of amides is 1. The average Bonchev–Trinajstić information content (AvgIpc) is 2.88. The van der Waals surface area contributed by atoms with E-state index in [-0.39, 0.29) is 17.2 Å². The Labute approximate surface area is 220 Å². The van der Waals surface area contributed by atoms with Gasteiger partial charge in [-0.15, -0.1) is 0 Å². The topological polar surface area (TPSA) is 93.7 Å². The van der Waals surface area contributed by atoms with E-state index in [0.29, 0.717) is 6.61 Å². The lowest BCUT2D eigenvalue weighted by atomic mass is 10.2. The van der Waals surface area contributed by atoms with Crippen LogP contribution in [0.15, 0.2) is 103 Å². The fraction of sp³-hybridized carbons (Fsp3) is 0.250. The Morgan fingerprint density at radius 1 is 0.865 bits per heavy atom. The molecule has 0 aromatic heterocycles. The molecule has 0 saturated carbocycles. The molecule has 0 aliphatic rings. The van der Waals surface area contributed by atoms with Crippen molar-refractivity contribution in [2.75, 3.05) is 13.2 Å². The molecule has 37 heavy (non-hydrogen) atoms. The van der Waals surface area contributed by atoms with Crippen molar-refractivity contribution in [1.82, 2.24) is 9.61 Å². The Hall–Kier alpha value is -3.08. The molecule has 0 spiro atoms. The van der Waals surface area contributed by atoms with Crippen molar-refractivity contribution in [1.29, 1.82) is 0 Å². The Balaban J connectivity index is 1.66. The zero-order valence-corrected chi connectivity index (χ0v) is 23.4. The van der Waals surface area contributed by atoms with Crippen molar-refractivity contribution in [2.45, 2.75) is 32.7 Å². The average molecular weight is 539 g/mol. The first-order valence-electron chi connectivity index (χ1n) is 12.0. The molecule has 0 fully saturated rings. The monoisotopic (exact) mass is 538 g/mol. The molecule has 0 radical (unpaired) electrons. The highest BCUT2D eigenvalue weighted by Gasteiger charge is 2.50. The lowest BCUT2D eigenvalue weighted by Crippen LogP contribution is -2.66. The van der Waals surface area contributed by atoms with E-state index in [0.717, 1.165) is 5.57 Å². The van der Waals surface area contributed by atoms with Crippen LogP contribution in [0.3, 0.4) is 0 Å². The number of rotatable bonds is 11. The highest BCUT2D eigenvalue weighted by Crippen LogP contribution is 2.36. The van der Waals surface area contributed by atoms with Crippen molar-refractivity contribution in [3.63, 3.8) is 0 Å². The molecule has 0 unspecified atom stereocenters. The van der Waals surface area contributed by atoms with Crippen molar-refractivity contribution in [2.24, 2.45) is 0 Å². The van der Waals surface area contributed by atoms with Crippen LogP contribution in [0.5, 0.6) is 0 Å². The molecule has 0 saturated heterocycles. The van der Waals surface area contributed by atoms with Crippen molar-refractivity contribution < 1.29 is 22.5 Å². The van der Waals surface area contributed by atoms with Crippen LogP contribution in [-0.4, -0.2) is 35.9 Å². The SMILES string of the molecule is C/C(=C\CONS(=O)(=O)NC(=O)c1ccccc1)CO[Si](c1ccccc1)(c1ccccc1)C(C)(C)C. The van der Waals surface area contributed by atoms with E-state index in [4.69, 9.17) is 9.26 Å². The zero-order chi connectivity index (χ0) is 26.9. The van der Waals surface area contributed by atoms with E-state index in [1.807, 2.05) is 52.9 Å². The van der Waals surface area contributed by atoms with Crippen LogP contribution in [-0.2, 0) is 19.5 Å². The molecule has 3 rings (SSSR count). The van der Waals surface area contributed by atoms with E-state index in [9.17, 15) is 13.2 Å². The Bertz CT molecular complexity index is 1250. The third kappa shape index (κ3) is 7.47.